The van der Waals surface area contributed by atoms with Crippen LogP contribution in [-0.4, -0.2) is 20.7 Å². The molecule has 3 N–H and O–H groups in total. The fourth-order valence-corrected chi connectivity index (χ4v) is 3.83. The van der Waals surface area contributed by atoms with Gasteiger partial charge in [0.2, 0.25) is 5.92 Å². The van der Waals surface area contributed by atoms with Crippen molar-refractivity contribution in [1.82, 2.24) is 14.8 Å². The fourth-order valence-electron chi connectivity index (χ4n) is 3.54. The van der Waals surface area contributed by atoms with Gasteiger partial charge in [-0.15, -0.1) is 0 Å². The van der Waals surface area contributed by atoms with Crippen LogP contribution >= 0.6 is 11.9 Å². The fraction of sp³-hybridized carbons (Fsp3) is 0.333. The highest BCUT2D eigenvalue weighted by Crippen LogP contribution is 2.40. The average molecular weight is 376 g/mol. The minimum atomic E-state index is -2.60. The van der Waals surface area contributed by atoms with E-state index >= 15 is 0 Å². The predicted octanol–water partition coefficient (Wildman–Crippen LogP) is 4.11. The van der Waals surface area contributed by atoms with Crippen molar-refractivity contribution in [2.24, 2.45) is 5.14 Å². The van der Waals surface area contributed by atoms with Crippen molar-refractivity contribution in [3.05, 3.63) is 46.9 Å². The number of alkyl halides is 2. The number of rotatable bonds is 3. The Kier molecular flexibility index (Phi) is 4.32. The molecular weight excluding hydrogens is 358 g/mol. The summed E-state index contributed by atoms with van der Waals surface area (Å²) in [6.07, 6.45) is 1.95. The summed E-state index contributed by atoms with van der Waals surface area (Å²) in [6.45, 7) is 0. The lowest BCUT2D eigenvalue weighted by Crippen LogP contribution is -2.26. The van der Waals surface area contributed by atoms with Gasteiger partial charge in [-0.25, -0.2) is 8.78 Å². The first-order valence-electron chi connectivity index (χ1n) is 8.43. The van der Waals surface area contributed by atoms with Crippen LogP contribution in [0.15, 0.2) is 46.2 Å². The minimum Gasteiger partial charge on any atom is -0.328 e. The summed E-state index contributed by atoms with van der Waals surface area (Å²) in [6, 6.07) is 9.11. The largest absolute Gasteiger partial charge is 0.328 e. The molecule has 0 unspecified atom stereocenters. The molecule has 0 atom stereocenters. The van der Waals surface area contributed by atoms with Crippen LogP contribution in [0.25, 0.3) is 22.2 Å². The smallest absolute Gasteiger partial charge is 0.259 e. The lowest BCUT2D eigenvalue weighted by atomic mass is 9.92. The van der Waals surface area contributed by atoms with Gasteiger partial charge in [0, 0.05) is 29.5 Å². The normalized spacial score (nSPS) is 17.7. The van der Waals surface area contributed by atoms with Crippen LogP contribution in [0.1, 0.15) is 31.7 Å². The summed E-state index contributed by atoms with van der Waals surface area (Å²) in [5, 5.41) is 10.7. The van der Waals surface area contributed by atoms with E-state index in [2.05, 4.69) is 10.1 Å². The van der Waals surface area contributed by atoms with Crippen molar-refractivity contribution in [3.63, 3.8) is 0 Å². The summed E-state index contributed by atoms with van der Waals surface area (Å²) in [5.74, 6) is -2.60. The number of aromatic nitrogens is 3. The number of pyridine rings is 1. The maximum atomic E-state index is 13.5. The average Bonchev–Trinajstić information content (AvgIpc) is 3.03. The molecule has 1 saturated carbocycles. The van der Waals surface area contributed by atoms with E-state index in [-0.39, 0.29) is 24.4 Å². The number of aromatic amines is 1. The van der Waals surface area contributed by atoms with Crippen LogP contribution < -0.4 is 10.7 Å². The molecule has 1 aromatic carbocycles. The monoisotopic (exact) mass is 376 g/mol. The standard InChI is InChI=1S/C18H18F2N4OS/c19-18(20)8-5-12(6-9-18)24-14-7-10-22-17(25)15(14)16(23-24)11-1-3-13(26-21)4-2-11/h1-4,7,10,12H,5-6,8-9,21H2,(H,22,25). The van der Waals surface area contributed by atoms with Crippen molar-refractivity contribution in [2.75, 3.05) is 0 Å². The van der Waals surface area contributed by atoms with Gasteiger partial charge in [-0.3, -0.25) is 14.6 Å². The molecule has 8 heteroatoms. The van der Waals surface area contributed by atoms with Crippen LogP contribution in [0.5, 0.6) is 0 Å². The maximum Gasteiger partial charge on any atom is 0.259 e. The van der Waals surface area contributed by atoms with E-state index in [0.29, 0.717) is 29.4 Å². The molecule has 0 spiro atoms. The Bertz CT molecular complexity index is 987. The molecule has 26 heavy (non-hydrogen) atoms. The lowest BCUT2D eigenvalue weighted by Gasteiger charge is -2.28. The molecule has 0 bridgehead atoms. The van der Waals surface area contributed by atoms with Crippen LogP contribution in [0.2, 0.25) is 0 Å². The topological polar surface area (TPSA) is 76.7 Å². The van der Waals surface area contributed by atoms with E-state index in [1.165, 1.54) is 0 Å². The maximum absolute atomic E-state index is 13.5. The number of benzene rings is 1. The summed E-state index contributed by atoms with van der Waals surface area (Å²) in [7, 11) is 0. The molecule has 0 saturated heterocycles. The zero-order valence-corrected chi connectivity index (χ0v) is 14.7. The Hall–Kier alpha value is -2.19. The molecule has 4 rings (SSSR count). The van der Waals surface area contributed by atoms with Gasteiger partial charge < -0.3 is 4.98 Å². The van der Waals surface area contributed by atoms with Gasteiger partial charge in [-0.1, -0.05) is 12.1 Å². The van der Waals surface area contributed by atoms with E-state index in [1.807, 2.05) is 24.3 Å². The number of halogens is 2. The number of hydrogen-bond acceptors (Lipinski definition) is 4. The summed E-state index contributed by atoms with van der Waals surface area (Å²) in [4.78, 5) is 16.0. The van der Waals surface area contributed by atoms with Gasteiger partial charge in [0.05, 0.1) is 16.9 Å². The Balaban J connectivity index is 1.82. The second kappa shape index (κ2) is 6.51. The molecule has 0 radical (unpaired) electrons. The molecule has 2 aromatic heterocycles. The Morgan fingerprint density at radius 2 is 1.88 bits per heavy atom. The van der Waals surface area contributed by atoms with Crippen LogP contribution in [0, 0.1) is 0 Å². The first kappa shape index (κ1) is 17.2. The number of H-pyrrole nitrogens is 1. The van der Waals surface area contributed by atoms with E-state index in [1.54, 1.807) is 16.9 Å². The minimum absolute atomic E-state index is 0.133. The third-order valence-electron chi connectivity index (χ3n) is 4.93. The Labute approximate surface area is 152 Å². The molecule has 0 amide bonds. The van der Waals surface area contributed by atoms with Gasteiger partial charge in [-0.05, 0) is 43.0 Å². The van der Waals surface area contributed by atoms with Crippen LogP contribution in [-0.2, 0) is 0 Å². The van der Waals surface area contributed by atoms with Crippen molar-refractivity contribution in [2.45, 2.75) is 42.5 Å². The summed E-state index contributed by atoms with van der Waals surface area (Å²) < 4.78 is 28.8. The Morgan fingerprint density at radius 1 is 1.19 bits per heavy atom. The predicted molar refractivity (Wildman–Crippen MR) is 98.3 cm³/mol. The molecule has 1 fully saturated rings. The number of nitrogens with one attached hydrogen (secondary N) is 1. The summed E-state index contributed by atoms with van der Waals surface area (Å²) >= 11 is 1.14. The Morgan fingerprint density at radius 3 is 2.54 bits per heavy atom. The second-order valence-corrected chi connectivity index (χ2v) is 7.30. The first-order valence-corrected chi connectivity index (χ1v) is 9.31. The van der Waals surface area contributed by atoms with Crippen LogP contribution in [0.4, 0.5) is 8.78 Å². The third kappa shape index (κ3) is 3.03. The van der Waals surface area contributed by atoms with Crippen molar-refractivity contribution < 1.29 is 8.78 Å². The molecule has 1 aliphatic rings. The van der Waals surface area contributed by atoms with Gasteiger partial charge in [0.1, 0.15) is 5.69 Å². The quantitative estimate of drug-likeness (QED) is 0.675. The highest BCUT2D eigenvalue weighted by atomic mass is 32.2. The molecule has 3 aromatic rings. The zero-order valence-electron chi connectivity index (χ0n) is 13.9. The van der Waals surface area contributed by atoms with E-state index < -0.39 is 5.92 Å². The van der Waals surface area contributed by atoms with E-state index in [4.69, 9.17) is 5.14 Å². The first-order chi connectivity index (χ1) is 12.5. The zero-order chi connectivity index (χ0) is 18.3. The molecule has 2 heterocycles. The van der Waals surface area contributed by atoms with Gasteiger partial charge >= 0.3 is 0 Å². The number of hydrogen-bond donors (Lipinski definition) is 2. The van der Waals surface area contributed by atoms with Crippen molar-refractivity contribution in [3.8, 4) is 11.3 Å². The van der Waals surface area contributed by atoms with Crippen LogP contribution in [0.3, 0.4) is 0 Å². The van der Waals surface area contributed by atoms with Crippen molar-refractivity contribution in [1.29, 1.82) is 0 Å². The SMILES string of the molecule is NSc1ccc(-c2nn(C3CCC(F)(F)CC3)c3cc[nH]c(=O)c23)cc1. The van der Waals surface area contributed by atoms with E-state index in [9.17, 15) is 13.6 Å². The number of fused-ring (bicyclic) bond motifs is 1. The highest BCUT2D eigenvalue weighted by Gasteiger charge is 2.36. The third-order valence-corrected chi connectivity index (χ3v) is 5.47. The van der Waals surface area contributed by atoms with Crippen molar-refractivity contribution >= 4 is 22.9 Å². The summed E-state index contributed by atoms with van der Waals surface area (Å²) in [5.41, 5.74) is 1.80. The number of nitrogens with zero attached hydrogens (tertiary/aromatic N) is 2. The highest BCUT2D eigenvalue weighted by molar-refractivity contribution is 7.97. The molecular formula is C18H18F2N4OS. The van der Waals surface area contributed by atoms with Gasteiger partial charge in [0.15, 0.2) is 0 Å². The molecule has 0 aliphatic heterocycles. The molecule has 5 nitrogen and oxygen atoms in total. The lowest BCUT2D eigenvalue weighted by molar-refractivity contribution is -0.0445. The molecule has 136 valence electrons. The van der Waals surface area contributed by atoms with E-state index in [0.717, 1.165) is 22.4 Å². The van der Waals surface area contributed by atoms with Gasteiger partial charge in [0.25, 0.3) is 5.56 Å². The molecule has 1 aliphatic carbocycles. The van der Waals surface area contributed by atoms with Gasteiger partial charge in [-0.2, -0.15) is 5.10 Å². The number of nitrogens with two attached hydrogens (primary N) is 1. The second-order valence-electron chi connectivity index (χ2n) is 6.59.